The summed E-state index contributed by atoms with van der Waals surface area (Å²) in [5.41, 5.74) is 0. The number of carbonyl (C=O) groups excluding carboxylic acids is 2. The molecule has 174 valence electrons. The Balaban J connectivity index is 0.00000900. The third kappa shape index (κ3) is 16.0. The van der Waals surface area contributed by atoms with Crippen LogP contribution in [-0.2, 0) is 14.3 Å². The summed E-state index contributed by atoms with van der Waals surface area (Å²) >= 11 is 0. The van der Waals surface area contributed by atoms with Crippen LogP contribution < -0.4 is 34.7 Å². The SMILES string of the molecule is C/C=C/CCCCCCCCCCCCCCCOC(=O)C1CCCCC1C(=O)[O-].[Na+]. The monoisotopic (exact) mass is 444 g/mol. The summed E-state index contributed by atoms with van der Waals surface area (Å²) in [7, 11) is 0. The predicted molar refractivity (Wildman–Crippen MR) is 121 cm³/mol. The van der Waals surface area contributed by atoms with Gasteiger partial charge in [-0.15, -0.1) is 0 Å². The maximum absolute atomic E-state index is 12.2. The number of unbranched alkanes of at least 4 members (excludes halogenated alkanes) is 13. The first-order chi connectivity index (χ1) is 14.7. The van der Waals surface area contributed by atoms with Crippen LogP contribution in [0.4, 0.5) is 0 Å². The molecule has 5 heteroatoms. The summed E-state index contributed by atoms with van der Waals surface area (Å²) in [6.07, 6.45) is 25.2. The van der Waals surface area contributed by atoms with Gasteiger partial charge in [-0.3, -0.25) is 4.79 Å². The van der Waals surface area contributed by atoms with Crippen LogP contribution in [0.2, 0.25) is 0 Å². The summed E-state index contributed by atoms with van der Waals surface area (Å²) in [4.78, 5) is 23.3. The molecule has 0 aliphatic heterocycles. The standard InChI is InChI=1S/C26H46O4.Na/c1-2-3-4-5-6-7-8-9-10-11-12-13-14-15-16-19-22-30-26(29)24-21-18-17-20-23(24)25(27)28;/h2-3,23-24H,4-22H2,1H3,(H,27,28);/q;+1/p-1/b3-2+;. The minimum absolute atomic E-state index is 0. The molecule has 2 unspecified atom stereocenters. The van der Waals surface area contributed by atoms with E-state index in [2.05, 4.69) is 19.1 Å². The first kappa shape index (κ1) is 30.7. The van der Waals surface area contributed by atoms with E-state index in [4.69, 9.17) is 4.74 Å². The Hall–Kier alpha value is -0.320. The fraction of sp³-hybridized carbons (Fsp3) is 0.846. The second kappa shape index (κ2) is 21.5. The van der Waals surface area contributed by atoms with Gasteiger partial charge in [-0.05, 0) is 39.0 Å². The Bertz CT molecular complexity index is 478. The summed E-state index contributed by atoms with van der Waals surface area (Å²) in [5.74, 6) is -2.59. The zero-order valence-corrected chi connectivity index (χ0v) is 22.4. The van der Waals surface area contributed by atoms with Crippen molar-refractivity contribution in [2.24, 2.45) is 11.8 Å². The first-order valence-electron chi connectivity index (χ1n) is 12.7. The van der Waals surface area contributed by atoms with E-state index < -0.39 is 17.8 Å². The van der Waals surface area contributed by atoms with Gasteiger partial charge >= 0.3 is 35.5 Å². The Labute approximate surface area is 213 Å². The van der Waals surface area contributed by atoms with Crippen molar-refractivity contribution in [1.29, 1.82) is 0 Å². The Morgan fingerprint density at radius 3 is 1.71 bits per heavy atom. The van der Waals surface area contributed by atoms with Gasteiger partial charge in [-0.2, -0.15) is 0 Å². The van der Waals surface area contributed by atoms with Crippen molar-refractivity contribution in [1.82, 2.24) is 0 Å². The zero-order valence-electron chi connectivity index (χ0n) is 20.4. The molecule has 1 saturated carbocycles. The fourth-order valence-electron chi connectivity index (χ4n) is 4.45. The maximum atomic E-state index is 12.2. The molecule has 1 rings (SSSR count). The molecule has 0 amide bonds. The molecular formula is C26H45NaO4. The van der Waals surface area contributed by atoms with Crippen molar-refractivity contribution in [2.75, 3.05) is 6.61 Å². The van der Waals surface area contributed by atoms with Crippen LogP contribution in [0.5, 0.6) is 0 Å². The van der Waals surface area contributed by atoms with Crippen molar-refractivity contribution in [2.45, 2.75) is 122 Å². The summed E-state index contributed by atoms with van der Waals surface area (Å²) < 4.78 is 5.35. The number of carboxylic acid groups (broad SMARTS) is 1. The number of rotatable bonds is 18. The van der Waals surface area contributed by atoms with Gasteiger partial charge in [0.1, 0.15) is 0 Å². The molecule has 1 fully saturated rings. The normalized spacial score (nSPS) is 18.6. The third-order valence-corrected chi connectivity index (χ3v) is 6.37. The van der Waals surface area contributed by atoms with Crippen LogP contribution in [0.15, 0.2) is 12.2 Å². The van der Waals surface area contributed by atoms with E-state index in [1.807, 2.05) is 0 Å². The Morgan fingerprint density at radius 2 is 1.23 bits per heavy atom. The predicted octanol–water partition coefficient (Wildman–Crippen LogP) is 3.13. The minimum atomic E-state index is -1.10. The molecule has 4 nitrogen and oxygen atoms in total. The van der Waals surface area contributed by atoms with E-state index in [0.717, 1.165) is 25.7 Å². The Kier molecular flexibility index (Phi) is 21.3. The Morgan fingerprint density at radius 1 is 0.774 bits per heavy atom. The van der Waals surface area contributed by atoms with Crippen LogP contribution in [0, 0.1) is 11.8 Å². The quantitative estimate of drug-likeness (QED) is 0.141. The molecule has 0 aromatic rings. The van der Waals surface area contributed by atoms with E-state index in [9.17, 15) is 14.7 Å². The van der Waals surface area contributed by atoms with E-state index in [-0.39, 0.29) is 35.5 Å². The largest absolute Gasteiger partial charge is 1.00 e. The molecule has 0 aromatic heterocycles. The van der Waals surface area contributed by atoms with Gasteiger partial charge in [0.2, 0.25) is 0 Å². The van der Waals surface area contributed by atoms with Crippen LogP contribution in [-0.4, -0.2) is 18.5 Å². The zero-order chi connectivity index (χ0) is 21.9. The first-order valence-corrected chi connectivity index (χ1v) is 12.7. The topological polar surface area (TPSA) is 66.4 Å². The average molecular weight is 445 g/mol. The summed E-state index contributed by atoms with van der Waals surface area (Å²) in [6, 6.07) is 0. The van der Waals surface area contributed by atoms with Crippen molar-refractivity contribution in [3.05, 3.63) is 12.2 Å². The van der Waals surface area contributed by atoms with E-state index in [1.165, 1.54) is 77.0 Å². The molecule has 0 N–H and O–H groups in total. The number of hydrogen-bond donors (Lipinski definition) is 0. The van der Waals surface area contributed by atoms with Crippen LogP contribution in [0.25, 0.3) is 0 Å². The van der Waals surface area contributed by atoms with Gasteiger partial charge < -0.3 is 14.6 Å². The number of aliphatic carboxylic acids is 1. The number of carboxylic acids is 1. The van der Waals surface area contributed by atoms with E-state index in [1.54, 1.807) is 0 Å². The van der Waals surface area contributed by atoms with Crippen LogP contribution in [0.3, 0.4) is 0 Å². The number of ether oxygens (including phenoxy) is 1. The fourth-order valence-corrected chi connectivity index (χ4v) is 4.45. The van der Waals surface area contributed by atoms with Crippen molar-refractivity contribution < 1.29 is 49.0 Å². The molecular weight excluding hydrogens is 399 g/mol. The molecule has 1 aliphatic carbocycles. The number of esters is 1. The third-order valence-electron chi connectivity index (χ3n) is 6.37. The second-order valence-corrected chi connectivity index (χ2v) is 8.94. The van der Waals surface area contributed by atoms with Gasteiger partial charge in [-0.25, -0.2) is 0 Å². The van der Waals surface area contributed by atoms with Crippen molar-refractivity contribution in [3.63, 3.8) is 0 Å². The number of carbonyl (C=O) groups is 2. The van der Waals surface area contributed by atoms with Gasteiger partial charge in [0.25, 0.3) is 0 Å². The number of allylic oxidation sites excluding steroid dienone is 2. The smallest absolute Gasteiger partial charge is 0.550 e. The molecule has 31 heavy (non-hydrogen) atoms. The molecule has 1 aliphatic rings. The second-order valence-electron chi connectivity index (χ2n) is 8.94. The summed E-state index contributed by atoms with van der Waals surface area (Å²) in [5, 5.41) is 11.2. The van der Waals surface area contributed by atoms with Gasteiger partial charge in [0.05, 0.1) is 12.5 Å². The van der Waals surface area contributed by atoms with Gasteiger partial charge in [0.15, 0.2) is 0 Å². The molecule has 0 heterocycles. The maximum Gasteiger partial charge on any atom is 1.00 e. The van der Waals surface area contributed by atoms with Crippen LogP contribution >= 0.6 is 0 Å². The number of hydrogen-bond acceptors (Lipinski definition) is 4. The molecule has 0 bridgehead atoms. The molecule has 0 radical (unpaired) electrons. The molecule has 0 aromatic carbocycles. The van der Waals surface area contributed by atoms with E-state index in [0.29, 0.717) is 19.4 Å². The van der Waals surface area contributed by atoms with Gasteiger partial charge in [0, 0.05) is 11.9 Å². The van der Waals surface area contributed by atoms with E-state index >= 15 is 0 Å². The molecule has 0 spiro atoms. The van der Waals surface area contributed by atoms with Gasteiger partial charge in [-0.1, -0.05) is 95.6 Å². The van der Waals surface area contributed by atoms with Crippen LogP contribution in [0.1, 0.15) is 122 Å². The molecule has 0 saturated heterocycles. The molecule has 2 atom stereocenters. The van der Waals surface area contributed by atoms with Crippen molar-refractivity contribution in [3.8, 4) is 0 Å². The van der Waals surface area contributed by atoms with Crippen molar-refractivity contribution >= 4 is 11.9 Å². The average Bonchev–Trinajstić information content (AvgIpc) is 2.75. The minimum Gasteiger partial charge on any atom is -0.550 e. The summed E-state index contributed by atoms with van der Waals surface area (Å²) in [6.45, 7) is 2.51.